The molecule has 0 radical (unpaired) electrons. The highest BCUT2D eigenvalue weighted by Gasteiger charge is 2.62. The normalized spacial score (nSPS) is 19.8. The van der Waals surface area contributed by atoms with Gasteiger partial charge in [-0.15, -0.1) is 0 Å². The SMILES string of the molecule is CC(O)(CC1=CCCC(CC2(C(F)(F)F)CC2)=CN1)c1ccc(-c2ccc(F)cn2)cc1. The van der Waals surface area contributed by atoms with Crippen molar-refractivity contribution in [2.75, 3.05) is 0 Å². The van der Waals surface area contributed by atoms with Gasteiger partial charge in [0.05, 0.1) is 22.9 Å². The quantitative estimate of drug-likeness (QED) is 0.507. The average molecular weight is 446 g/mol. The third kappa shape index (κ3) is 4.88. The van der Waals surface area contributed by atoms with Crippen LogP contribution in [0, 0.1) is 11.2 Å². The first-order chi connectivity index (χ1) is 15.1. The number of nitrogens with zero attached hydrogens (tertiary/aromatic N) is 1. The van der Waals surface area contributed by atoms with E-state index in [4.69, 9.17) is 0 Å². The minimum Gasteiger partial charge on any atom is -0.385 e. The van der Waals surface area contributed by atoms with Gasteiger partial charge in [-0.05, 0) is 62.9 Å². The Morgan fingerprint density at radius 1 is 1.09 bits per heavy atom. The maximum Gasteiger partial charge on any atom is 0.394 e. The van der Waals surface area contributed by atoms with Crippen molar-refractivity contribution in [3.8, 4) is 11.3 Å². The van der Waals surface area contributed by atoms with Gasteiger partial charge in [-0.25, -0.2) is 4.39 Å². The van der Waals surface area contributed by atoms with Gasteiger partial charge in [-0.1, -0.05) is 35.9 Å². The topological polar surface area (TPSA) is 45.1 Å². The summed E-state index contributed by atoms with van der Waals surface area (Å²) in [5.74, 6) is -0.402. The number of aromatic nitrogens is 1. The van der Waals surface area contributed by atoms with E-state index in [1.807, 2.05) is 18.2 Å². The molecule has 2 aromatic rings. The second kappa shape index (κ2) is 8.35. The van der Waals surface area contributed by atoms with Crippen LogP contribution in [0.3, 0.4) is 0 Å². The van der Waals surface area contributed by atoms with Gasteiger partial charge in [0.2, 0.25) is 0 Å². The smallest absolute Gasteiger partial charge is 0.385 e. The first kappa shape index (κ1) is 22.5. The van der Waals surface area contributed by atoms with E-state index in [0.717, 1.165) is 23.0 Å². The first-order valence-corrected chi connectivity index (χ1v) is 10.7. The summed E-state index contributed by atoms with van der Waals surface area (Å²) in [5.41, 5.74) is 0.979. The summed E-state index contributed by atoms with van der Waals surface area (Å²) in [7, 11) is 0. The predicted octanol–water partition coefficient (Wildman–Crippen LogP) is 6.37. The van der Waals surface area contributed by atoms with Crippen LogP contribution >= 0.6 is 0 Å². The van der Waals surface area contributed by atoms with Crippen molar-refractivity contribution in [1.29, 1.82) is 0 Å². The molecule has 7 heteroatoms. The van der Waals surface area contributed by atoms with Gasteiger partial charge in [0.25, 0.3) is 0 Å². The van der Waals surface area contributed by atoms with Crippen molar-refractivity contribution >= 4 is 0 Å². The largest absolute Gasteiger partial charge is 0.394 e. The molecule has 1 fully saturated rings. The van der Waals surface area contributed by atoms with Gasteiger partial charge in [0.1, 0.15) is 5.82 Å². The zero-order valence-electron chi connectivity index (χ0n) is 17.8. The fourth-order valence-electron chi connectivity index (χ4n) is 4.19. The molecule has 170 valence electrons. The standard InChI is InChI=1S/C25H26F4N2O/c1-23(32,19-7-5-18(6-8-19)22-10-9-20(26)16-31-22)14-21-4-2-3-17(15-30-21)13-24(11-12-24)25(27,28)29/h4-10,15-16,30,32H,2-3,11-14H2,1H3. The Labute approximate surface area is 184 Å². The average Bonchev–Trinajstić information content (AvgIpc) is 3.55. The van der Waals surface area contributed by atoms with Crippen LogP contribution in [-0.2, 0) is 5.60 Å². The van der Waals surface area contributed by atoms with Gasteiger partial charge < -0.3 is 10.4 Å². The molecule has 3 nitrogen and oxygen atoms in total. The molecule has 0 spiro atoms. The van der Waals surface area contributed by atoms with Crippen molar-refractivity contribution in [2.45, 2.75) is 57.2 Å². The lowest BCUT2D eigenvalue weighted by atomic mass is 9.90. The van der Waals surface area contributed by atoms with Crippen LogP contribution in [0.1, 0.15) is 51.0 Å². The number of aliphatic hydroxyl groups is 1. The van der Waals surface area contributed by atoms with Gasteiger partial charge in [-0.3, -0.25) is 4.98 Å². The van der Waals surface area contributed by atoms with Crippen LogP contribution in [0.15, 0.2) is 66.1 Å². The summed E-state index contributed by atoms with van der Waals surface area (Å²) in [6, 6.07) is 10.2. The number of halogens is 4. The lowest BCUT2D eigenvalue weighted by Gasteiger charge is -2.25. The Hall–Kier alpha value is -2.67. The highest BCUT2D eigenvalue weighted by atomic mass is 19.4. The molecule has 0 saturated heterocycles. The monoisotopic (exact) mass is 446 g/mol. The molecule has 1 aliphatic carbocycles. The molecule has 32 heavy (non-hydrogen) atoms. The number of alkyl halides is 3. The number of hydrogen-bond acceptors (Lipinski definition) is 3. The van der Waals surface area contributed by atoms with Crippen molar-refractivity contribution in [1.82, 2.24) is 10.3 Å². The van der Waals surface area contributed by atoms with Crippen molar-refractivity contribution in [2.24, 2.45) is 5.41 Å². The van der Waals surface area contributed by atoms with Crippen LogP contribution in [0.5, 0.6) is 0 Å². The number of hydrogen-bond donors (Lipinski definition) is 2. The van der Waals surface area contributed by atoms with Crippen LogP contribution in [0.2, 0.25) is 0 Å². The maximum absolute atomic E-state index is 13.3. The zero-order chi connectivity index (χ0) is 23.0. The third-order valence-electron chi connectivity index (χ3n) is 6.40. The van der Waals surface area contributed by atoms with Crippen LogP contribution in [0.4, 0.5) is 17.6 Å². The van der Waals surface area contributed by atoms with E-state index in [1.165, 1.54) is 6.07 Å². The second-order valence-electron chi connectivity index (χ2n) is 9.06. The lowest BCUT2D eigenvalue weighted by molar-refractivity contribution is -0.186. The molecule has 0 bridgehead atoms. The Morgan fingerprint density at radius 3 is 2.41 bits per heavy atom. The predicted molar refractivity (Wildman–Crippen MR) is 115 cm³/mol. The Balaban J connectivity index is 1.41. The molecule has 1 aliphatic heterocycles. The molecule has 1 aromatic carbocycles. The van der Waals surface area contributed by atoms with Crippen molar-refractivity contribution in [3.05, 3.63) is 77.5 Å². The number of benzene rings is 1. The van der Waals surface area contributed by atoms with Gasteiger partial charge in [0.15, 0.2) is 0 Å². The Kier molecular flexibility index (Phi) is 5.88. The Bertz CT molecular complexity index is 1020. The van der Waals surface area contributed by atoms with E-state index in [9.17, 15) is 22.7 Å². The second-order valence-corrected chi connectivity index (χ2v) is 9.06. The summed E-state index contributed by atoms with van der Waals surface area (Å²) >= 11 is 0. The molecule has 1 unspecified atom stereocenters. The maximum atomic E-state index is 13.3. The summed E-state index contributed by atoms with van der Waals surface area (Å²) < 4.78 is 52.9. The van der Waals surface area contributed by atoms with E-state index in [1.54, 1.807) is 31.3 Å². The lowest BCUT2D eigenvalue weighted by Crippen LogP contribution is -2.26. The minimum absolute atomic E-state index is 0.0416. The molecule has 2 N–H and O–H groups in total. The molecule has 0 amide bonds. The Morgan fingerprint density at radius 2 is 1.81 bits per heavy atom. The fraction of sp³-hybridized carbons (Fsp3) is 0.400. The molecule has 4 rings (SSSR count). The van der Waals surface area contributed by atoms with E-state index >= 15 is 0 Å². The van der Waals surface area contributed by atoms with Gasteiger partial charge in [-0.2, -0.15) is 13.2 Å². The summed E-state index contributed by atoms with van der Waals surface area (Å²) in [6.07, 6.45) is 2.59. The van der Waals surface area contributed by atoms with Crippen molar-refractivity contribution < 1.29 is 22.7 Å². The summed E-state index contributed by atoms with van der Waals surface area (Å²) in [4.78, 5) is 4.06. The van der Waals surface area contributed by atoms with E-state index in [2.05, 4.69) is 10.3 Å². The summed E-state index contributed by atoms with van der Waals surface area (Å²) in [6.45, 7) is 1.71. The molecular weight excluding hydrogens is 420 g/mol. The molecule has 1 aromatic heterocycles. The van der Waals surface area contributed by atoms with Gasteiger partial charge >= 0.3 is 6.18 Å². The van der Waals surface area contributed by atoms with E-state index in [0.29, 0.717) is 30.5 Å². The van der Waals surface area contributed by atoms with Gasteiger partial charge in [0, 0.05) is 17.7 Å². The molecule has 1 saturated carbocycles. The highest BCUT2D eigenvalue weighted by molar-refractivity contribution is 5.59. The molecule has 1 atom stereocenters. The molecule has 2 heterocycles. The van der Waals surface area contributed by atoms with Crippen LogP contribution in [-0.4, -0.2) is 16.3 Å². The first-order valence-electron chi connectivity index (χ1n) is 10.7. The van der Waals surface area contributed by atoms with E-state index in [-0.39, 0.29) is 19.3 Å². The van der Waals surface area contributed by atoms with E-state index < -0.39 is 23.0 Å². The fourth-order valence-corrected chi connectivity index (χ4v) is 4.19. The molecule has 2 aliphatic rings. The zero-order valence-corrected chi connectivity index (χ0v) is 17.8. The number of pyridine rings is 1. The number of nitrogens with one attached hydrogen (secondary N) is 1. The van der Waals surface area contributed by atoms with Crippen LogP contribution < -0.4 is 5.32 Å². The number of rotatable bonds is 6. The highest BCUT2D eigenvalue weighted by Crippen LogP contribution is 2.61. The minimum atomic E-state index is -4.16. The van der Waals surface area contributed by atoms with Crippen LogP contribution in [0.25, 0.3) is 11.3 Å². The third-order valence-corrected chi connectivity index (χ3v) is 6.40. The van der Waals surface area contributed by atoms with Crippen molar-refractivity contribution in [3.63, 3.8) is 0 Å². The number of allylic oxidation sites excluding steroid dienone is 2. The summed E-state index contributed by atoms with van der Waals surface area (Å²) in [5, 5.41) is 14.2. The molecular formula is C25H26F4N2O.